The number of carbonyl (C=O) groups is 1. The molecule has 7 heteroatoms. The third kappa shape index (κ3) is 2.91. The summed E-state index contributed by atoms with van der Waals surface area (Å²) in [5.74, 6) is -1.28. The molecule has 0 atom stereocenters. The van der Waals surface area contributed by atoms with Gasteiger partial charge in [0.1, 0.15) is 0 Å². The van der Waals surface area contributed by atoms with E-state index in [0.29, 0.717) is 5.69 Å². The number of hydrogen-bond acceptors (Lipinski definition) is 2. The summed E-state index contributed by atoms with van der Waals surface area (Å²) >= 11 is 0. The van der Waals surface area contributed by atoms with E-state index < -0.39 is 17.7 Å². The van der Waals surface area contributed by atoms with Crippen molar-refractivity contribution >= 4 is 5.97 Å². The van der Waals surface area contributed by atoms with Crippen molar-refractivity contribution < 1.29 is 23.1 Å². The molecular formula is C14H13F3N2O2. The fourth-order valence-corrected chi connectivity index (χ4v) is 2.06. The van der Waals surface area contributed by atoms with Gasteiger partial charge in [0.25, 0.3) is 0 Å². The Hall–Kier alpha value is -2.31. The zero-order valence-corrected chi connectivity index (χ0v) is 11.3. The first-order valence-electron chi connectivity index (χ1n) is 6.20. The van der Waals surface area contributed by atoms with E-state index in [1.807, 2.05) is 13.8 Å². The topological polar surface area (TPSA) is 55.1 Å². The lowest BCUT2D eigenvalue weighted by Gasteiger charge is -2.15. The summed E-state index contributed by atoms with van der Waals surface area (Å²) in [7, 11) is 0. The Balaban J connectivity index is 2.69. The molecule has 1 aromatic heterocycles. The van der Waals surface area contributed by atoms with Gasteiger partial charge in [0, 0.05) is 17.8 Å². The molecule has 1 heterocycles. The fourth-order valence-electron chi connectivity index (χ4n) is 2.06. The zero-order valence-electron chi connectivity index (χ0n) is 11.3. The fraction of sp³-hybridized carbons (Fsp3) is 0.286. The second kappa shape index (κ2) is 5.23. The lowest BCUT2D eigenvalue weighted by atomic mass is 10.0. The molecule has 0 saturated heterocycles. The highest BCUT2D eigenvalue weighted by Gasteiger charge is 2.32. The van der Waals surface area contributed by atoms with Crippen molar-refractivity contribution in [1.29, 1.82) is 0 Å². The Morgan fingerprint density at radius 2 is 1.95 bits per heavy atom. The average Bonchev–Trinajstić information content (AvgIpc) is 2.85. The van der Waals surface area contributed by atoms with Gasteiger partial charge in [0.15, 0.2) is 0 Å². The van der Waals surface area contributed by atoms with Crippen molar-refractivity contribution in [1.82, 2.24) is 9.78 Å². The van der Waals surface area contributed by atoms with Crippen LogP contribution >= 0.6 is 0 Å². The van der Waals surface area contributed by atoms with Crippen LogP contribution in [0.15, 0.2) is 30.5 Å². The molecule has 0 radical (unpaired) electrons. The van der Waals surface area contributed by atoms with E-state index in [1.165, 1.54) is 16.9 Å². The van der Waals surface area contributed by atoms with Gasteiger partial charge in [-0.15, -0.1) is 0 Å². The van der Waals surface area contributed by atoms with Gasteiger partial charge in [0.05, 0.1) is 16.8 Å². The van der Waals surface area contributed by atoms with E-state index in [-0.39, 0.29) is 17.2 Å². The number of aromatic carboxylic acids is 1. The number of halogens is 3. The van der Waals surface area contributed by atoms with Crippen LogP contribution in [0.2, 0.25) is 0 Å². The van der Waals surface area contributed by atoms with Gasteiger partial charge in [-0.05, 0) is 38.1 Å². The smallest absolute Gasteiger partial charge is 0.416 e. The second-order valence-corrected chi connectivity index (χ2v) is 4.82. The molecule has 0 spiro atoms. The van der Waals surface area contributed by atoms with Gasteiger partial charge in [0.2, 0.25) is 0 Å². The monoisotopic (exact) mass is 298 g/mol. The van der Waals surface area contributed by atoms with Crippen molar-refractivity contribution in [3.8, 4) is 11.3 Å². The molecule has 0 amide bonds. The normalized spacial score (nSPS) is 11.9. The SMILES string of the molecule is CC(C)n1nccc1-c1cc(C(F)(F)F)ccc1C(=O)O. The zero-order chi connectivity index (χ0) is 15.8. The number of nitrogens with zero attached hydrogens (tertiary/aromatic N) is 2. The summed E-state index contributed by atoms with van der Waals surface area (Å²) in [6.07, 6.45) is -3.10. The van der Waals surface area contributed by atoms with E-state index >= 15 is 0 Å². The Kier molecular flexibility index (Phi) is 3.76. The summed E-state index contributed by atoms with van der Waals surface area (Å²) in [6, 6.07) is 3.98. The first-order valence-corrected chi connectivity index (χ1v) is 6.20. The highest BCUT2D eigenvalue weighted by Crippen LogP contribution is 2.34. The highest BCUT2D eigenvalue weighted by atomic mass is 19.4. The molecule has 1 aromatic carbocycles. The quantitative estimate of drug-likeness (QED) is 0.936. The van der Waals surface area contributed by atoms with Crippen molar-refractivity contribution in [3.63, 3.8) is 0 Å². The molecule has 0 bridgehead atoms. The maximum absolute atomic E-state index is 12.8. The first-order chi connectivity index (χ1) is 9.71. The van der Waals surface area contributed by atoms with Crippen molar-refractivity contribution in [3.05, 3.63) is 41.6 Å². The summed E-state index contributed by atoms with van der Waals surface area (Å²) in [6.45, 7) is 3.62. The summed E-state index contributed by atoms with van der Waals surface area (Å²) < 4.78 is 40.0. The molecule has 0 aliphatic heterocycles. The highest BCUT2D eigenvalue weighted by molar-refractivity contribution is 5.95. The van der Waals surface area contributed by atoms with Gasteiger partial charge in [-0.3, -0.25) is 4.68 Å². The Labute approximate surface area is 118 Å². The maximum Gasteiger partial charge on any atom is 0.416 e. The standard InChI is InChI=1S/C14H13F3N2O2/c1-8(2)19-12(5-6-18-19)11-7-9(14(15,16)17)3-4-10(11)13(20)21/h3-8H,1-2H3,(H,20,21). The number of aromatic nitrogens is 2. The summed E-state index contributed by atoms with van der Waals surface area (Å²) in [5.41, 5.74) is -0.735. The number of rotatable bonds is 3. The molecule has 2 rings (SSSR count). The van der Waals surface area contributed by atoms with Crippen LogP contribution in [0.1, 0.15) is 35.8 Å². The molecule has 1 N–H and O–H groups in total. The van der Waals surface area contributed by atoms with Crippen LogP contribution in [0.5, 0.6) is 0 Å². The van der Waals surface area contributed by atoms with E-state index in [1.54, 1.807) is 0 Å². The minimum Gasteiger partial charge on any atom is -0.478 e. The van der Waals surface area contributed by atoms with Crippen molar-refractivity contribution in [2.45, 2.75) is 26.1 Å². The van der Waals surface area contributed by atoms with Gasteiger partial charge in [-0.25, -0.2) is 4.79 Å². The predicted octanol–water partition coefficient (Wildman–Crippen LogP) is 3.85. The molecule has 0 unspecified atom stereocenters. The Morgan fingerprint density at radius 1 is 1.29 bits per heavy atom. The summed E-state index contributed by atoms with van der Waals surface area (Å²) in [4.78, 5) is 11.2. The van der Waals surface area contributed by atoms with Gasteiger partial charge < -0.3 is 5.11 Å². The minimum atomic E-state index is -4.53. The van der Waals surface area contributed by atoms with Crippen molar-refractivity contribution in [2.75, 3.05) is 0 Å². The van der Waals surface area contributed by atoms with E-state index in [9.17, 15) is 23.1 Å². The number of alkyl halides is 3. The molecule has 0 saturated carbocycles. The second-order valence-electron chi connectivity index (χ2n) is 4.82. The van der Waals surface area contributed by atoms with Crippen LogP contribution < -0.4 is 0 Å². The van der Waals surface area contributed by atoms with E-state index in [4.69, 9.17) is 0 Å². The number of carboxylic acids is 1. The van der Waals surface area contributed by atoms with Gasteiger partial charge >= 0.3 is 12.1 Å². The van der Waals surface area contributed by atoms with E-state index in [2.05, 4.69) is 5.10 Å². The number of carboxylic acid groups (broad SMARTS) is 1. The Bertz CT molecular complexity index is 675. The van der Waals surface area contributed by atoms with Crippen molar-refractivity contribution in [2.24, 2.45) is 0 Å². The predicted molar refractivity (Wildman–Crippen MR) is 70.0 cm³/mol. The minimum absolute atomic E-state index is 0.00326. The third-order valence-corrected chi connectivity index (χ3v) is 3.01. The number of hydrogen-bond donors (Lipinski definition) is 1. The lowest BCUT2D eigenvalue weighted by Crippen LogP contribution is -2.10. The molecule has 2 aromatic rings. The molecule has 0 aliphatic carbocycles. The summed E-state index contributed by atoms with van der Waals surface area (Å²) in [5, 5.41) is 13.2. The first kappa shape index (κ1) is 15.1. The molecular weight excluding hydrogens is 285 g/mol. The van der Waals surface area contributed by atoms with Crippen LogP contribution in [-0.2, 0) is 6.18 Å². The van der Waals surface area contributed by atoms with Crippen LogP contribution in [0.3, 0.4) is 0 Å². The van der Waals surface area contributed by atoms with Crippen LogP contribution in [0.25, 0.3) is 11.3 Å². The van der Waals surface area contributed by atoms with Crippen LogP contribution in [0, 0.1) is 0 Å². The largest absolute Gasteiger partial charge is 0.478 e. The van der Waals surface area contributed by atoms with E-state index in [0.717, 1.165) is 18.2 Å². The maximum atomic E-state index is 12.8. The van der Waals surface area contributed by atoms with Crippen LogP contribution in [0.4, 0.5) is 13.2 Å². The molecule has 0 aliphatic rings. The average molecular weight is 298 g/mol. The number of benzene rings is 1. The van der Waals surface area contributed by atoms with Crippen LogP contribution in [-0.4, -0.2) is 20.9 Å². The molecule has 112 valence electrons. The van der Waals surface area contributed by atoms with Gasteiger partial charge in [-0.2, -0.15) is 18.3 Å². The Morgan fingerprint density at radius 3 is 2.48 bits per heavy atom. The molecule has 4 nitrogen and oxygen atoms in total. The van der Waals surface area contributed by atoms with Gasteiger partial charge in [-0.1, -0.05) is 0 Å². The molecule has 0 fully saturated rings. The third-order valence-electron chi connectivity index (χ3n) is 3.01. The molecule has 21 heavy (non-hydrogen) atoms. The lowest BCUT2D eigenvalue weighted by molar-refractivity contribution is -0.137.